The van der Waals surface area contributed by atoms with E-state index in [1.807, 2.05) is 25.1 Å². The van der Waals surface area contributed by atoms with Gasteiger partial charge in [-0.15, -0.1) is 11.8 Å². The van der Waals surface area contributed by atoms with Gasteiger partial charge >= 0.3 is 0 Å². The summed E-state index contributed by atoms with van der Waals surface area (Å²) in [5.41, 5.74) is 0.744. The van der Waals surface area contributed by atoms with Crippen LogP contribution in [0.15, 0.2) is 23.1 Å². The Bertz CT molecular complexity index is 356. The first-order valence-corrected chi connectivity index (χ1v) is 6.01. The minimum Gasteiger partial charge on any atom is -0.366 e. The maximum Gasteiger partial charge on any atom is 0.147 e. The molecule has 0 saturated heterocycles. The average molecular weight is 226 g/mol. The molecule has 1 aliphatic heterocycles. The second-order valence-corrected chi connectivity index (χ2v) is 4.78. The molecule has 1 aliphatic rings. The van der Waals surface area contributed by atoms with E-state index in [0.29, 0.717) is 6.04 Å². The maximum absolute atomic E-state index is 13.7. The first-order chi connectivity index (χ1) is 7.24. The van der Waals surface area contributed by atoms with Crippen LogP contribution in [0.4, 0.5) is 10.1 Å². The molecule has 1 aromatic rings. The Morgan fingerprint density at radius 3 is 3.13 bits per heavy atom. The van der Waals surface area contributed by atoms with Crippen molar-refractivity contribution in [3.63, 3.8) is 0 Å². The summed E-state index contributed by atoms with van der Waals surface area (Å²) in [6.07, 6.45) is 0. The molecule has 4 heteroatoms. The molecule has 2 nitrogen and oxygen atoms in total. The largest absolute Gasteiger partial charge is 0.366 e. The van der Waals surface area contributed by atoms with Crippen molar-refractivity contribution in [3.8, 4) is 0 Å². The van der Waals surface area contributed by atoms with Crippen molar-refractivity contribution < 1.29 is 4.39 Å². The van der Waals surface area contributed by atoms with Gasteiger partial charge in [-0.2, -0.15) is 0 Å². The van der Waals surface area contributed by atoms with Gasteiger partial charge in [-0.1, -0.05) is 6.07 Å². The molecule has 1 unspecified atom stereocenters. The molecule has 2 rings (SSSR count). The van der Waals surface area contributed by atoms with E-state index in [1.54, 1.807) is 17.8 Å². The molecule has 0 spiro atoms. The van der Waals surface area contributed by atoms with Gasteiger partial charge in [0.15, 0.2) is 0 Å². The summed E-state index contributed by atoms with van der Waals surface area (Å²) >= 11 is 1.73. The fourth-order valence-corrected chi connectivity index (χ4v) is 3.13. The normalized spacial score (nSPS) is 20.2. The lowest BCUT2D eigenvalue weighted by atomic mass is 10.2. The van der Waals surface area contributed by atoms with Gasteiger partial charge in [0, 0.05) is 24.2 Å². The second kappa shape index (κ2) is 4.41. The summed E-state index contributed by atoms with van der Waals surface area (Å²) in [5, 5.41) is 3.14. The van der Waals surface area contributed by atoms with Crippen LogP contribution in [0, 0.1) is 5.82 Å². The average Bonchev–Trinajstić information content (AvgIpc) is 2.22. The molecule has 1 aromatic carbocycles. The van der Waals surface area contributed by atoms with Crippen LogP contribution in [0.2, 0.25) is 0 Å². The first-order valence-electron chi connectivity index (χ1n) is 5.02. The van der Waals surface area contributed by atoms with Crippen molar-refractivity contribution in [2.24, 2.45) is 0 Å². The van der Waals surface area contributed by atoms with E-state index in [4.69, 9.17) is 0 Å². The molecule has 0 saturated carbocycles. The Morgan fingerprint density at radius 2 is 2.40 bits per heavy atom. The highest BCUT2D eigenvalue weighted by Crippen LogP contribution is 2.37. The van der Waals surface area contributed by atoms with E-state index in [9.17, 15) is 4.39 Å². The molecule has 1 N–H and O–H groups in total. The zero-order valence-corrected chi connectivity index (χ0v) is 9.77. The predicted molar refractivity (Wildman–Crippen MR) is 63.2 cm³/mol. The third-order valence-corrected chi connectivity index (χ3v) is 3.91. The first kappa shape index (κ1) is 10.8. The standard InChI is InChI=1S/C11H15FN2S/c1-13-6-8-7-15-10-5-3-4-9(12)11(10)14(8)2/h3-5,8,13H,6-7H2,1-2H3. The van der Waals surface area contributed by atoms with Gasteiger partial charge in [0.25, 0.3) is 0 Å². The van der Waals surface area contributed by atoms with Crippen LogP contribution < -0.4 is 10.2 Å². The monoisotopic (exact) mass is 226 g/mol. The zero-order valence-electron chi connectivity index (χ0n) is 8.96. The maximum atomic E-state index is 13.7. The van der Waals surface area contributed by atoms with Crippen LogP contribution >= 0.6 is 11.8 Å². The highest BCUT2D eigenvalue weighted by Gasteiger charge is 2.25. The Hall–Kier alpha value is -0.740. The summed E-state index contributed by atoms with van der Waals surface area (Å²) in [6, 6.07) is 5.64. The lowest BCUT2D eigenvalue weighted by Crippen LogP contribution is -2.43. The number of halogens is 1. The van der Waals surface area contributed by atoms with Crippen LogP contribution in [-0.2, 0) is 0 Å². The van der Waals surface area contributed by atoms with Crippen molar-refractivity contribution in [2.45, 2.75) is 10.9 Å². The van der Waals surface area contributed by atoms with Crippen LogP contribution in [-0.4, -0.2) is 32.4 Å². The Balaban J connectivity index is 2.32. The topological polar surface area (TPSA) is 15.3 Å². The van der Waals surface area contributed by atoms with Crippen molar-refractivity contribution in [1.29, 1.82) is 0 Å². The minimum absolute atomic E-state index is 0.122. The van der Waals surface area contributed by atoms with Crippen molar-refractivity contribution in [3.05, 3.63) is 24.0 Å². The molecular formula is C11H15FN2S. The summed E-state index contributed by atoms with van der Waals surface area (Å²) in [4.78, 5) is 3.09. The molecule has 82 valence electrons. The van der Waals surface area contributed by atoms with Gasteiger partial charge in [-0.25, -0.2) is 4.39 Å². The van der Waals surface area contributed by atoms with Gasteiger partial charge in [0.2, 0.25) is 0 Å². The number of anilines is 1. The molecular weight excluding hydrogens is 211 g/mol. The third-order valence-electron chi connectivity index (χ3n) is 2.72. The number of nitrogens with one attached hydrogen (secondary N) is 1. The van der Waals surface area contributed by atoms with Crippen LogP contribution in [0.3, 0.4) is 0 Å². The number of thioether (sulfide) groups is 1. The summed E-state index contributed by atoms with van der Waals surface area (Å²) in [7, 11) is 3.89. The van der Waals surface area contributed by atoms with Gasteiger partial charge in [0.1, 0.15) is 5.82 Å². The van der Waals surface area contributed by atoms with E-state index in [1.165, 1.54) is 6.07 Å². The van der Waals surface area contributed by atoms with Crippen LogP contribution in [0.1, 0.15) is 0 Å². The Kier molecular flexibility index (Phi) is 3.17. The molecule has 0 fully saturated rings. The van der Waals surface area contributed by atoms with Gasteiger partial charge < -0.3 is 10.2 Å². The number of rotatable bonds is 2. The number of hydrogen-bond acceptors (Lipinski definition) is 3. The van der Waals surface area contributed by atoms with E-state index >= 15 is 0 Å². The molecule has 1 heterocycles. The predicted octanol–water partition coefficient (Wildman–Crippen LogP) is 1.96. The lowest BCUT2D eigenvalue weighted by molar-refractivity contribution is 0.584. The number of fused-ring (bicyclic) bond motifs is 1. The molecule has 15 heavy (non-hydrogen) atoms. The van der Waals surface area contributed by atoms with Gasteiger partial charge in [-0.3, -0.25) is 0 Å². The molecule has 0 radical (unpaired) electrons. The fraction of sp³-hybridized carbons (Fsp3) is 0.455. The van der Waals surface area contributed by atoms with Crippen molar-refractivity contribution >= 4 is 17.4 Å². The van der Waals surface area contributed by atoms with Crippen LogP contribution in [0.5, 0.6) is 0 Å². The SMILES string of the molecule is CNCC1CSc2cccc(F)c2N1C. The zero-order chi connectivity index (χ0) is 10.8. The van der Waals surface area contributed by atoms with Gasteiger partial charge in [-0.05, 0) is 19.2 Å². The third kappa shape index (κ3) is 1.96. The number of benzene rings is 1. The summed E-state index contributed by atoms with van der Waals surface area (Å²) in [5.74, 6) is 0.886. The molecule has 0 bridgehead atoms. The highest BCUT2D eigenvalue weighted by atomic mass is 32.2. The molecule has 0 aromatic heterocycles. The van der Waals surface area contributed by atoms with Crippen LogP contribution in [0.25, 0.3) is 0 Å². The summed E-state index contributed by atoms with van der Waals surface area (Å²) in [6.45, 7) is 0.886. The summed E-state index contributed by atoms with van der Waals surface area (Å²) < 4.78 is 13.7. The van der Waals surface area contributed by atoms with E-state index in [2.05, 4.69) is 5.32 Å². The molecule has 1 atom stereocenters. The number of hydrogen-bond donors (Lipinski definition) is 1. The van der Waals surface area contributed by atoms with E-state index in [0.717, 1.165) is 22.9 Å². The quantitative estimate of drug-likeness (QED) is 0.830. The Morgan fingerprint density at radius 1 is 1.60 bits per heavy atom. The van der Waals surface area contributed by atoms with E-state index in [-0.39, 0.29) is 5.82 Å². The number of likely N-dealkylation sites (N-methyl/N-ethyl adjacent to an activating group) is 2. The van der Waals surface area contributed by atoms with Crippen molar-refractivity contribution in [2.75, 3.05) is 31.3 Å². The van der Waals surface area contributed by atoms with Crippen molar-refractivity contribution in [1.82, 2.24) is 5.32 Å². The lowest BCUT2D eigenvalue weighted by Gasteiger charge is -2.35. The molecule has 0 amide bonds. The smallest absolute Gasteiger partial charge is 0.147 e. The Labute approximate surface area is 93.8 Å². The highest BCUT2D eigenvalue weighted by molar-refractivity contribution is 7.99. The molecule has 0 aliphatic carbocycles. The fourth-order valence-electron chi connectivity index (χ4n) is 1.87. The van der Waals surface area contributed by atoms with E-state index < -0.39 is 0 Å². The minimum atomic E-state index is -0.122. The van der Waals surface area contributed by atoms with Gasteiger partial charge in [0.05, 0.1) is 11.7 Å². The number of para-hydroxylation sites is 1. The second-order valence-electron chi connectivity index (χ2n) is 3.72. The number of nitrogens with zero attached hydrogens (tertiary/aromatic N) is 1.